The van der Waals surface area contributed by atoms with Crippen LogP contribution in [0.15, 0.2) is 40.8 Å². The summed E-state index contributed by atoms with van der Waals surface area (Å²) in [6, 6.07) is 11.3. The topological polar surface area (TPSA) is 63.3 Å². The van der Waals surface area contributed by atoms with Gasteiger partial charge in [-0.3, -0.25) is 14.4 Å². The molecule has 1 N–H and O–H groups in total. The third-order valence-electron chi connectivity index (χ3n) is 4.40. The summed E-state index contributed by atoms with van der Waals surface area (Å²) in [4.78, 5) is 14.3. The molecule has 0 bridgehead atoms. The molecule has 142 valence electrons. The number of aryl methyl sites for hydroxylation is 2. The van der Waals surface area contributed by atoms with Crippen LogP contribution in [0.3, 0.4) is 0 Å². The molecule has 2 heterocycles. The summed E-state index contributed by atoms with van der Waals surface area (Å²) < 4.78 is 7.65. The lowest BCUT2D eigenvalue weighted by Crippen LogP contribution is -2.30. The molecule has 1 aromatic carbocycles. The van der Waals surface area contributed by atoms with Gasteiger partial charge in [0, 0.05) is 17.6 Å². The van der Waals surface area contributed by atoms with Crippen LogP contribution in [0.2, 0.25) is 5.02 Å². The Morgan fingerprint density at radius 3 is 2.56 bits per heavy atom. The largest absolute Gasteiger partial charge is 0.460 e. The zero-order valence-corrected chi connectivity index (χ0v) is 16.7. The first-order chi connectivity index (χ1) is 12.8. The summed E-state index contributed by atoms with van der Waals surface area (Å²) in [6.45, 7) is 4.60. The van der Waals surface area contributed by atoms with Gasteiger partial charge in [0.05, 0.1) is 30.2 Å². The van der Waals surface area contributed by atoms with Gasteiger partial charge in [-0.1, -0.05) is 11.6 Å². The molecule has 2 aromatic heterocycles. The Balaban J connectivity index is 1.58. The first kappa shape index (κ1) is 19.2. The van der Waals surface area contributed by atoms with E-state index in [2.05, 4.69) is 10.4 Å². The molecule has 27 heavy (non-hydrogen) atoms. The Labute approximate surface area is 163 Å². The van der Waals surface area contributed by atoms with Crippen molar-refractivity contribution < 1.29 is 9.21 Å². The molecule has 0 radical (unpaired) electrons. The van der Waals surface area contributed by atoms with Gasteiger partial charge in [0.2, 0.25) is 5.91 Å². The van der Waals surface area contributed by atoms with Crippen LogP contribution in [-0.2, 0) is 18.4 Å². The first-order valence-corrected chi connectivity index (χ1v) is 9.04. The number of hydrogen-bond donors (Lipinski definition) is 1. The molecule has 3 rings (SSSR count). The van der Waals surface area contributed by atoms with Crippen molar-refractivity contribution in [3.8, 4) is 11.3 Å². The summed E-state index contributed by atoms with van der Waals surface area (Å²) >= 11 is 5.92. The van der Waals surface area contributed by atoms with Crippen LogP contribution in [0.5, 0.6) is 0 Å². The minimum atomic E-state index is -0.0822. The number of halogens is 1. The Hall–Kier alpha value is -2.57. The number of aromatic nitrogens is 2. The lowest BCUT2D eigenvalue weighted by molar-refractivity contribution is -0.117. The number of benzene rings is 1. The number of carbonyl (C=O) groups excluding carboxylic acids is 1. The van der Waals surface area contributed by atoms with Crippen molar-refractivity contribution in [2.24, 2.45) is 7.05 Å². The number of carbonyl (C=O) groups is 1. The Morgan fingerprint density at radius 1 is 1.22 bits per heavy atom. The number of likely N-dealkylation sites (N-methyl/N-ethyl adjacent to an activating group) is 1. The highest BCUT2D eigenvalue weighted by Gasteiger charge is 2.15. The summed E-state index contributed by atoms with van der Waals surface area (Å²) in [5.74, 6) is 1.49. The van der Waals surface area contributed by atoms with Crippen molar-refractivity contribution in [2.45, 2.75) is 20.4 Å². The fraction of sp³-hybridized carbons (Fsp3) is 0.300. The maximum atomic E-state index is 12.4. The normalized spacial score (nSPS) is 11.2. The van der Waals surface area contributed by atoms with Crippen LogP contribution < -0.4 is 5.32 Å². The molecule has 0 unspecified atom stereocenters. The van der Waals surface area contributed by atoms with E-state index < -0.39 is 0 Å². The molecule has 6 nitrogen and oxygen atoms in total. The molecule has 0 atom stereocenters. The van der Waals surface area contributed by atoms with E-state index in [1.54, 1.807) is 4.68 Å². The number of furan rings is 1. The van der Waals surface area contributed by atoms with Crippen LogP contribution >= 0.6 is 11.6 Å². The molecule has 0 aliphatic carbocycles. The summed E-state index contributed by atoms with van der Waals surface area (Å²) in [7, 11) is 3.74. The Bertz CT molecular complexity index is 944. The minimum Gasteiger partial charge on any atom is -0.460 e. The molecule has 0 aliphatic rings. The number of hydrogen-bond acceptors (Lipinski definition) is 4. The van der Waals surface area contributed by atoms with Crippen LogP contribution in [0.1, 0.15) is 17.1 Å². The van der Waals surface area contributed by atoms with E-state index in [1.165, 1.54) is 0 Å². The van der Waals surface area contributed by atoms with Crippen molar-refractivity contribution in [1.29, 1.82) is 0 Å². The Kier molecular flexibility index (Phi) is 5.68. The predicted octanol–water partition coefficient (Wildman–Crippen LogP) is 4.02. The van der Waals surface area contributed by atoms with Gasteiger partial charge >= 0.3 is 0 Å². The summed E-state index contributed by atoms with van der Waals surface area (Å²) in [6.07, 6.45) is 0. The highest BCUT2D eigenvalue weighted by molar-refractivity contribution is 6.30. The molecule has 0 saturated heterocycles. The minimum absolute atomic E-state index is 0.0822. The first-order valence-electron chi connectivity index (χ1n) is 8.66. The Morgan fingerprint density at radius 2 is 1.93 bits per heavy atom. The fourth-order valence-corrected chi connectivity index (χ4v) is 3.06. The fourth-order valence-electron chi connectivity index (χ4n) is 2.93. The predicted molar refractivity (Wildman–Crippen MR) is 107 cm³/mol. The lowest BCUT2D eigenvalue weighted by Gasteiger charge is -2.15. The van der Waals surface area contributed by atoms with Gasteiger partial charge in [-0.15, -0.1) is 0 Å². The molecular formula is C20H23ClN4O2. The van der Waals surface area contributed by atoms with Gasteiger partial charge in [0.1, 0.15) is 11.5 Å². The van der Waals surface area contributed by atoms with E-state index in [-0.39, 0.29) is 12.5 Å². The summed E-state index contributed by atoms with van der Waals surface area (Å²) in [5.41, 5.74) is 3.49. The van der Waals surface area contributed by atoms with Gasteiger partial charge in [-0.2, -0.15) is 5.10 Å². The van der Waals surface area contributed by atoms with Crippen molar-refractivity contribution in [1.82, 2.24) is 14.7 Å². The third-order valence-corrected chi connectivity index (χ3v) is 4.66. The maximum absolute atomic E-state index is 12.4. The highest BCUT2D eigenvalue weighted by atomic mass is 35.5. The molecule has 0 aliphatic heterocycles. The van der Waals surface area contributed by atoms with E-state index in [0.29, 0.717) is 11.6 Å². The average molecular weight is 387 g/mol. The van der Waals surface area contributed by atoms with E-state index in [0.717, 1.165) is 34.2 Å². The maximum Gasteiger partial charge on any atom is 0.238 e. The number of rotatable bonds is 6. The number of amides is 1. The number of nitrogens with one attached hydrogen (secondary N) is 1. The van der Waals surface area contributed by atoms with Crippen molar-refractivity contribution in [2.75, 3.05) is 18.9 Å². The van der Waals surface area contributed by atoms with Crippen molar-refractivity contribution in [3.05, 3.63) is 58.6 Å². The van der Waals surface area contributed by atoms with Crippen LogP contribution in [0, 0.1) is 13.8 Å². The zero-order valence-electron chi connectivity index (χ0n) is 15.9. The number of nitrogens with zero attached hydrogens (tertiary/aromatic N) is 3. The molecule has 0 spiro atoms. The standard InChI is InChI=1S/C20H23ClN4O2/c1-13-20(14(2)25(4)23-13)22-19(26)12-24(3)11-17-9-10-18(27-17)15-5-7-16(21)8-6-15/h5-10H,11-12H2,1-4H3,(H,22,26). The SMILES string of the molecule is Cc1nn(C)c(C)c1NC(=O)CN(C)Cc1ccc(-c2ccc(Cl)cc2)o1. The highest BCUT2D eigenvalue weighted by Crippen LogP contribution is 2.24. The smallest absolute Gasteiger partial charge is 0.238 e. The van der Waals surface area contributed by atoms with E-state index in [9.17, 15) is 4.79 Å². The van der Waals surface area contributed by atoms with Gasteiger partial charge in [0.25, 0.3) is 0 Å². The van der Waals surface area contributed by atoms with Gasteiger partial charge in [-0.25, -0.2) is 0 Å². The van der Waals surface area contributed by atoms with Crippen molar-refractivity contribution in [3.63, 3.8) is 0 Å². The second-order valence-corrected chi connectivity index (χ2v) is 7.10. The van der Waals surface area contributed by atoms with Gasteiger partial charge < -0.3 is 9.73 Å². The zero-order chi connectivity index (χ0) is 19.6. The second kappa shape index (κ2) is 7.98. The molecule has 3 aromatic rings. The molecule has 7 heteroatoms. The number of anilines is 1. The van der Waals surface area contributed by atoms with E-state index in [4.69, 9.17) is 16.0 Å². The van der Waals surface area contributed by atoms with Gasteiger partial charge in [0.15, 0.2) is 0 Å². The summed E-state index contributed by atoms with van der Waals surface area (Å²) in [5, 5.41) is 7.95. The third kappa shape index (κ3) is 4.59. The quantitative estimate of drug-likeness (QED) is 0.695. The van der Waals surface area contributed by atoms with E-state index >= 15 is 0 Å². The molecule has 0 fully saturated rings. The molecule has 1 amide bonds. The monoisotopic (exact) mass is 386 g/mol. The molecular weight excluding hydrogens is 364 g/mol. The van der Waals surface area contributed by atoms with Crippen molar-refractivity contribution >= 4 is 23.2 Å². The van der Waals surface area contributed by atoms with E-state index in [1.807, 2.05) is 69.2 Å². The lowest BCUT2D eigenvalue weighted by atomic mass is 10.2. The van der Waals surface area contributed by atoms with Crippen LogP contribution in [0.25, 0.3) is 11.3 Å². The average Bonchev–Trinajstić information content (AvgIpc) is 3.15. The van der Waals surface area contributed by atoms with Crippen LogP contribution in [-0.4, -0.2) is 34.2 Å². The van der Waals surface area contributed by atoms with Crippen LogP contribution in [0.4, 0.5) is 5.69 Å². The molecule has 0 saturated carbocycles. The second-order valence-electron chi connectivity index (χ2n) is 6.66. The van der Waals surface area contributed by atoms with Gasteiger partial charge in [-0.05, 0) is 57.3 Å².